The second-order valence-corrected chi connectivity index (χ2v) is 6.52. The van der Waals surface area contributed by atoms with Crippen molar-refractivity contribution in [2.24, 2.45) is 0 Å². The average Bonchev–Trinajstić information content (AvgIpc) is 2.42. The van der Waals surface area contributed by atoms with Crippen molar-refractivity contribution in [3.8, 4) is 0 Å². The van der Waals surface area contributed by atoms with Gasteiger partial charge in [-0.3, -0.25) is 0 Å². The van der Waals surface area contributed by atoms with Gasteiger partial charge in [-0.2, -0.15) is 0 Å². The van der Waals surface area contributed by atoms with Gasteiger partial charge in [-0.15, -0.1) is 0 Å². The van der Waals surface area contributed by atoms with Gasteiger partial charge < -0.3 is 5.11 Å². The van der Waals surface area contributed by atoms with Crippen molar-refractivity contribution in [3.05, 3.63) is 40.3 Å². The van der Waals surface area contributed by atoms with Crippen molar-refractivity contribution in [2.75, 3.05) is 13.2 Å². The van der Waals surface area contributed by atoms with Gasteiger partial charge >= 0.3 is 0 Å². The van der Waals surface area contributed by atoms with Crippen molar-refractivity contribution >= 4 is 27.7 Å². The van der Waals surface area contributed by atoms with E-state index in [1.165, 1.54) is 6.08 Å². The zero-order valence-corrected chi connectivity index (χ0v) is 12.8. The third-order valence-electron chi connectivity index (χ3n) is 2.70. The van der Waals surface area contributed by atoms with Crippen molar-refractivity contribution in [1.29, 1.82) is 0 Å². The first-order valence-corrected chi connectivity index (χ1v) is 8.50. The number of unbranched alkanes of at least 4 members (excludes halogenated alkanes) is 3. The fourth-order valence-corrected chi connectivity index (χ4v) is 2.58. The van der Waals surface area contributed by atoms with E-state index in [0.717, 1.165) is 36.7 Å². The molecule has 6 heteroatoms. The molecule has 0 saturated carbocycles. The molecule has 0 radical (unpaired) electrons. The molecule has 0 bridgehead atoms. The van der Waals surface area contributed by atoms with E-state index in [1.54, 1.807) is 24.3 Å². The standard InChI is InChI=1S/C14H20ClNO3S/c15-14-7-5-13(6-8-14)9-12-20(18,19)16-10-3-1-2-4-11-17/h5-9,12,16-17H,1-4,10-11H2/b12-9+. The molecule has 112 valence electrons. The van der Waals surface area contributed by atoms with Crippen molar-refractivity contribution in [1.82, 2.24) is 4.72 Å². The molecule has 1 rings (SSSR count). The summed E-state index contributed by atoms with van der Waals surface area (Å²) in [6.45, 7) is 0.605. The molecule has 0 aromatic heterocycles. The molecular weight excluding hydrogens is 298 g/mol. The van der Waals surface area contributed by atoms with Gasteiger partial charge in [0.15, 0.2) is 0 Å². The molecule has 1 aromatic carbocycles. The molecule has 0 spiro atoms. The topological polar surface area (TPSA) is 66.4 Å². The highest BCUT2D eigenvalue weighted by molar-refractivity contribution is 7.92. The van der Waals surface area contributed by atoms with Crippen LogP contribution in [0.3, 0.4) is 0 Å². The van der Waals surface area contributed by atoms with Crippen LogP contribution >= 0.6 is 11.6 Å². The van der Waals surface area contributed by atoms with Gasteiger partial charge in [-0.05, 0) is 36.6 Å². The summed E-state index contributed by atoms with van der Waals surface area (Å²) in [5, 5.41) is 10.4. The normalized spacial score (nSPS) is 12.1. The number of rotatable bonds is 9. The number of aliphatic hydroxyl groups is 1. The van der Waals surface area contributed by atoms with Crippen LogP contribution in [0.25, 0.3) is 6.08 Å². The number of nitrogens with one attached hydrogen (secondary N) is 1. The Labute approximate surface area is 125 Å². The lowest BCUT2D eigenvalue weighted by atomic mass is 10.2. The van der Waals surface area contributed by atoms with E-state index in [2.05, 4.69) is 4.72 Å². The zero-order valence-electron chi connectivity index (χ0n) is 11.3. The Bertz CT molecular complexity index is 512. The van der Waals surface area contributed by atoms with E-state index in [-0.39, 0.29) is 6.61 Å². The number of benzene rings is 1. The van der Waals surface area contributed by atoms with E-state index in [0.29, 0.717) is 11.6 Å². The lowest BCUT2D eigenvalue weighted by Crippen LogP contribution is -2.22. The summed E-state index contributed by atoms with van der Waals surface area (Å²) in [6.07, 6.45) is 4.89. The number of sulfonamides is 1. The second kappa shape index (κ2) is 9.13. The molecule has 4 nitrogen and oxygen atoms in total. The average molecular weight is 318 g/mol. The van der Waals surface area contributed by atoms with Gasteiger partial charge in [-0.25, -0.2) is 13.1 Å². The minimum atomic E-state index is -3.40. The summed E-state index contributed by atoms with van der Waals surface area (Å²) in [7, 11) is -3.40. The quantitative estimate of drug-likeness (QED) is 0.688. The molecule has 2 N–H and O–H groups in total. The molecule has 0 aliphatic rings. The first-order valence-electron chi connectivity index (χ1n) is 6.58. The summed E-state index contributed by atoms with van der Waals surface area (Å²) in [5.41, 5.74) is 0.780. The lowest BCUT2D eigenvalue weighted by molar-refractivity contribution is 0.282. The fraction of sp³-hybridized carbons (Fsp3) is 0.429. The monoisotopic (exact) mass is 317 g/mol. The maximum Gasteiger partial charge on any atom is 0.233 e. The first-order chi connectivity index (χ1) is 9.53. The third-order valence-corrected chi connectivity index (χ3v) is 4.05. The molecule has 0 heterocycles. The second-order valence-electron chi connectivity index (χ2n) is 4.43. The lowest BCUT2D eigenvalue weighted by Gasteiger charge is -2.02. The van der Waals surface area contributed by atoms with E-state index in [1.807, 2.05) is 0 Å². The highest BCUT2D eigenvalue weighted by Gasteiger charge is 2.03. The minimum Gasteiger partial charge on any atom is -0.396 e. The highest BCUT2D eigenvalue weighted by atomic mass is 35.5. The van der Waals surface area contributed by atoms with Crippen LogP contribution in [0.1, 0.15) is 31.2 Å². The Balaban J connectivity index is 2.35. The molecule has 0 aliphatic heterocycles. The Morgan fingerprint density at radius 1 is 1.10 bits per heavy atom. The van der Waals surface area contributed by atoms with Gasteiger partial charge in [0.25, 0.3) is 0 Å². The van der Waals surface area contributed by atoms with Crippen molar-refractivity contribution in [2.45, 2.75) is 25.7 Å². The number of hydrogen-bond donors (Lipinski definition) is 2. The van der Waals surface area contributed by atoms with Gasteiger partial charge in [-0.1, -0.05) is 36.6 Å². The molecule has 0 unspecified atom stereocenters. The summed E-state index contributed by atoms with van der Waals surface area (Å²) in [6, 6.07) is 6.93. The highest BCUT2D eigenvalue weighted by Crippen LogP contribution is 2.11. The van der Waals surface area contributed by atoms with Crippen LogP contribution in [0.4, 0.5) is 0 Å². The van der Waals surface area contributed by atoms with E-state index < -0.39 is 10.0 Å². The Morgan fingerprint density at radius 2 is 1.75 bits per heavy atom. The molecule has 0 saturated heterocycles. The van der Waals surface area contributed by atoms with Gasteiger partial charge in [0, 0.05) is 23.6 Å². The van der Waals surface area contributed by atoms with Crippen LogP contribution in [-0.4, -0.2) is 26.7 Å². The summed E-state index contributed by atoms with van der Waals surface area (Å²) in [4.78, 5) is 0. The van der Waals surface area contributed by atoms with E-state index >= 15 is 0 Å². The van der Waals surface area contributed by atoms with Crippen LogP contribution < -0.4 is 4.72 Å². The van der Waals surface area contributed by atoms with Gasteiger partial charge in [0.1, 0.15) is 0 Å². The van der Waals surface area contributed by atoms with E-state index in [4.69, 9.17) is 16.7 Å². The molecule has 0 amide bonds. The molecular formula is C14H20ClNO3S. The third kappa shape index (κ3) is 7.65. The van der Waals surface area contributed by atoms with Crippen LogP contribution in [0.5, 0.6) is 0 Å². The maximum atomic E-state index is 11.7. The SMILES string of the molecule is O=S(=O)(/C=C/c1ccc(Cl)cc1)NCCCCCCO. The molecule has 20 heavy (non-hydrogen) atoms. The Morgan fingerprint density at radius 3 is 2.40 bits per heavy atom. The maximum absolute atomic E-state index is 11.7. The number of hydrogen-bond acceptors (Lipinski definition) is 3. The smallest absolute Gasteiger partial charge is 0.233 e. The van der Waals surface area contributed by atoms with Gasteiger partial charge in [0.05, 0.1) is 0 Å². The molecule has 0 fully saturated rings. The Kier molecular flexibility index (Phi) is 7.84. The van der Waals surface area contributed by atoms with E-state index in [9.17, 15) is 8.42 Å². The van der Waals surface area contributed by atoms with Crippen molar-refractivity contribution < 1.29 is 13.5 Å². The largest absolute Gasteiger partial charge is 0.396 e. The van der Waals surface area contributed by atoms with Gasteiger partial charge in [0.2, 0.25) is 10.0 Å². The van der Waals surface area contributed by atoms with Crippen LogP contribution in [0.15, 0.2) is 29.7 Å². The molecule has 0 aliphatic carbocycles. The summed E-state index contributed by atoms with van der Waals surface area (Å²) >= 11 is 5.75. The van der Waals surface area contributed by atoms with Crippen LogP contribution in [-0.2, 0) is 10.0 Å². The van der Waals surface area contributed by atoms with Crippen LogP contribution in [0, 0.1) is 0 Å². The first kappa shape index (κ1) is 17.2. The summed E-state index contributed by atoms with van der Waals surface area (Å²) < 4.78 is 25.9. The predicted molar refractivity (Wildman–Crippen MR) is 83.0 cm³/mol. The fourth-order valence-electron chi connectivity index (χ4n) is 1.59. The number of aliphatic hydroxyl groups excluding tert-OH is 1. The molecule has 1 aromatic rings. The molecule has 0 atom stereocenters. The summed E-state index contributed by atoms with van der Waals surface area (Å²) in [5.74, 6) is 0. The van der Waals surface area contributed by atoms with Crippen molar-refractivity contribution in [3.63, 3.8) is 0 Å². The zero-order chi connectivity index (χ0) is 14.8. The minimum absolute atomic E-state index is 0.190. The predicted octanol–water partition coefficient (Wildman–Crippen LogP) is 2.78. The number of halogens is 1. The van der Waals surface area contributed by atoms with Crippen LogP contribution in [0.2, 0.25) is 5.02 Å². The Hall–Kier alpha value is -0.880.